The van der Waals surface area contributed by atoms with Crippen LogP contribution in [-0.2, 0) is 14.3 Å². The predicted molar refractivity (Wildman–Crippen MR) is 85.8 cm³/mol. The van der Waals surface area contributed by atoms with Crippen molar-refractivity contribution >= 4 is 11.9 Å². The van der Waals surface area contributed by atoms with Gasteiger partial charge >= 0.3 is 5.97 Å². The summed E-state index contributed by atoms with van der Waals surface area (Å²) in [6.45, 7) is 0. The highest BCUT2D eigenvalue weighted by Gasteiger charge is 2.25. The second-order valence-corrected chi connectivity index (χ2v) is 6.25. The number of methoxy groups -OCH3 is 1. The zero-order valence-electron chi connectivity index (χ0n) is 13.8. The average Bonchev–Trinajstić information content (AvgIpc) is 2.50. The number of nitrogens with one attached hydrogen (secondary N) is 1. The number of carbonyl (C=O) groups is 2. The number of aliphatic carboxylic acids is 1. The minimum Gasteiger partial charge on any atom is -0.481 e. The number of carbonyl (C=O) groups excluding carboxylic acids is 1. The first-order chi connectivity index (χ1) is 10.6. The van der Waals surface area contributed by atoms with Gasteiger partial charge in [0.25, 0.3) is 0 Å². The summed E-state index contributed by atoms with van der Waals surface area (Å²) in [6.07, 6.45) is 11.3. The Hall–Kier alpha value is -1.10. The molecular formula is C17H31NO4. The first-order valence-corrected chi connectivity index (χ1v) is 8.67. The van der Waals surface area contributed by atoms with Gasteiger partial charge in [-0.15, -0.1) is 0 Å². The van der Waals surface area contributed by atoms with Crippen LogP contribution in [0.3, 0.4) is 0 Å². The number of carboxylic acids is 1. The Morgan fingerprint density at radius 2 is 1.59 bits per heavy atom. The molecule has 1 amide bonds. The van der Waals surface area contributed by atoms with E-state index in [9.17, 15) is 9.59 Å². The molecule has 0 heterocycles. The molecule has 0 bridgehead atoms. The third-order valence-corrected chi connectivity index (χ3v) is 4.40. The lowest BCUT2D eigenvalue weighted by Crippen LogP contribution is -2.45. The van der Waals surface area contributed by atoms with Crippen molar-refractivity contribution in [3.63, 3.8) is 0 Å². The minimum atomic E-state index is -0.714. The van der Waals surface area contributed by atoms with Gasteiger partial charge in [-0.3, -0.25) is 9.59 Å². The van der Waals surface area contributed by atoms with Crippen molar-refractivity contribution in [2.75, 3.05) is 7.11 Å². The number of amides is 1. The molecule has 5 heteroatoms. The Morgan fingerprint density at radius 3 is 2.23 bits per heavy atom. The van der Waals surface area contributed by atoms with Gasteiger partial charge in [0.2, 0.25) is 5.91 Å². The molecule has 1 aliphatic rings. The number of rotatable bonds is 11. The van der Waals surface area contributed by atoms with E-state index in [1.807, 2.05) is 0 Å². The van der Waals surface area contributed by atoms with E-state index in [0.29, 0.717) is 6.42 Å². The molecule has 0 aromatic heterocycles. The van der Waals surface area contributed by atoms with E-state index in [-0.39, 0.29) is 24.5 Å². The fourth-order valence-electron chi connectivity index (χ4n) is 3.09. The summed E-state index contributed by atoms with van der Waals surface area (Å²) in [4.78, 5) is 22.3. The van der Waals surface area contributed by atoms with E-state index in [1.54, 1.807) is 7.11 Å². The Bertz CT molecular complexity index is 333. The van der Waals surface area contributed by atoms with E-state index in [0.717, 1.165) is 51.4 Å². The van der Waals surface area contributed by atoms with Crippen LogP contribution in [0.1, 0.15) is 77.0 Å². The molecule has 0 radical (unpaired) electrons. The summed E-state index contributed by atoms with van der Waals surface area (Å²) in [5.41, 5.74) is 0. The van der Waals surface area contributed by atoms with Gasteiger partial charge in [0.1, 0.15) is 0 Å². The van der Waals surface area contributed by atoms with E-state index in [4.69, 9.17) is 9.84 Å². The van der Waals surface area contributed by atoms with Crippen LogP contribution in [-0.4, -0.2) is 36.2 Å². The Kier molecular flexibility index (Phi) is 9.87. The van der Waals surface area contributed by atoms with E-state index >= 15 is 0 Å². The Labute approximate surface area is 133 Å². The zero-order valence-corrected chi connectivity index (χ0v) is 13.8. The topological polar surface area (TPSA) is 75.6 Å². The molecule has 1 saturated carbocycles. The number of hydrogen-bond donors (Lipinski definition) is 2. The summed E-state index contributed by atoms with van der Waals surface area (Å²) in [7, 11) is 1.72. The monoisotopic (exact) mass is 313 g/mol. The van der Waals surface area contributed by atoms with Crippen LogP contribution >= 0.6 is 0 Å². The predicted octanol–water partition coefficient (Wildman–Crippen LogP) is 3.27. The lowest BCUT2D eigenvalue weighted by molar-refractivity contribution is -0.137. The first kappa shape index (κ1) is 18.9. The van der Waals surface area contributed by atoms with Gasteiger partial charge in [-0.2, -0.15) is 0 Å². The van der Waals surface area contributed by atoms with Gasteiger partial charge in [0.15, 0.2) is 0 Å². The van der Waals surface area contributed by atoms with Gasteiger partial charge in [-0.1, -0.05) is 38.5 Å². The number of carboxylic acid groups (broad SMARTS) is 1. The van der Waals surface area contributed by atoms with Gasteiger partial charge in [-0.25, -0.2) is 0 Å². The molecule has 0 spiro atoms. The summed E-state index contributed by atoms with van der Waals surface area (Å²) in [5, 5.41) is 11.6. The van der Waals surface area contributed by atoms with Crippen molar-refractivity contribution in [1.82, 2.24) is 5.32 Å². The molecule has 2 N–H and O–H groups in total. The molecule has 1 rings (SSSR count). The van der Waals surface area contributed by atoms with Gasteiger partial charge in [0, 0.05) is 20.0 Å². The van der Waals surface area contributed by atoms with Crippen molar-refractivity contribution in [2.45, 2.75) is 89.2 Å². The standard InChI is InChI=1S/C17H31NO4/c1-22-15-11-9-8-10-14(15)18-16(19)12-6-4-2-3-5-7-13-17(20)21/h14-15H,2-13H2,1H3,(H,18,19)(H,20,21). The highest BCUT2D eigenvalue weighted by molar-refractivity contribution is 5.76. The molecule has 2 unspecified atom stereocenters. The zero-order chi connectivity index (χ0) is 16.2. The third-order valence-electron chi connectivity index (χ3n) is 4.40. The summed E-state index contributed by atoms with van der Waals surface area (Å²) < 4.78 is 5.45. The third kappa shape index (κ3) is 8.37. The van der Waals surface area contributed by atoms with Crippen molar-refractivity contribution in [3.05, 3.63) is 0 Å². The largest absolute Gasteiger partial charge is 0.481 e. The lowest BCUT2D eigenvalue weighted by atomic mass is 9.92. The lowest BCUT2D eigenvalue weighted by Gasteiger charge is -2.31. The molecule has 0 aromatic rings. The molecule has 2 atom stereocenters. The highest BCUT2D eigenvalue weighted by atomic mass is 16.5. The van der Waals surface area contributed by atoms with Crippen LogP contribution in [0, 0.1) is 0 Å². The molecule has 0 aromatic carbocycles. The molecule has 1 aliphatic carbocycles. The molecule has 128 valence electrons. The quantitative estimate of drug-likeness (QED) is 0.574. The molecular weight excluding hydrogens is 282 g/mol. The van der Waals surface area contributed by atoms with Gasteiger partial charge in [-0.05, 0) is 25.7 Å². The summed E-state index contributed by atoms with van der Waals surface area (Å²) >= 11 is 0. The Morgan fingerprint density at radius 1 is 1.00 bits per heavy atom. The second kappa shape index (κ2) is 11.5. The normalized spacial score (nSPS) is 21.5. The minimum absolute atomic E-state index is 0.139. The van der Waals surface area contributed by atoms with Crippen LogP contribution in [0.5, 0.6) is 0 Å². The molecule has 5 nitrogen and oxygen atoms in total. The SMILES string of the molecule is COC1CCCCC1NC(=O)CCCCCCCCC(=O)O. The van der Waals surface area contributed by atoms with Crippen molar-refractivity contribution in [1.29, 1.82) is 0 Å². The number of hydrogen-bond acceptors (Lipinski definition) is 3. The summed E-state index contributed by atoms with van der Waals surface area (Å²) in [6, 6.07) is 0.183. The van der Waals surface area contributed by atoms with Crippen LogP contribution in [0.4, 0.5) is 0 Å². The summed E-state index contributed by atoms with van der Waals surface area (Å²) in [5.74, 6) is -0.575. The van der Waals surface area contributed by atoms with Crippen LogP contribution in [0.25, 0.3) is 0 Å². The van der Waals surface area contributed by atoms with Crippen molar-refractivity contribution < 1.29 is 19.4 Å². The fourth-order valence-corrected chi connectivity index (χ4v) is 3.09. The molecule has 1 fully saturated rings. The average molecular weight is 313 g/mol. The van der Waals surface area contributed by atoms with E-state index in [1.165, 1.54) is 12.8 Å². The first-order valence-electron chi connectivity index (χ1n) is 8.67. The van der Waals surface area contributed by atoms with Crippen LogP contribution in [0.2, 0.25) is 0 Å². The maximum Gasteiger partial charge on any atom is 0.303 e. The maximum absolute atomic E-state index is 12.0. The fraction of sp³-hybridized carbons (Fsp3) is 0.882. The van der Waals surface area contributed by atoms with E-state index < -0.39 is 5.97 Å². The van der Waals surface area contributed by atoms with Gasteiger partial charge in [0.05, 0.1) is 12.1 Å². The van der Waals surface area contributed by atoms with E-state index in [2.05, 4.69) is 5.32 Å². The van der Waals surface area contributed by atoms with Crippen molar-refractivity contribution in [2.24, 2.45) is 0 Å². The molecule has 0 saturated heterocycles. The van der Waals surface area contributed by atoms with Crippen LogP contribution in [0.15, 0.2) is 0 Å². The smallest absolute Gasteiger partial charge is 0.303 e. The van der Waals surface area contributed by atoms with Crippen LogP contribution < -0.4 is 5.32 Å². The maximum atomic E-state index is 12.0. The number of ether oxygens (including phenoxy) is 1. The Balaban J connectivity index is 2.00. The second-order valence-electron chi connectivity index (χ2n) is 6.25. The van der Waals surface area contributed by atoms with Gasteiger partial charge < -0.3 is 15.2 Å². The van der Waals surface area contributed by atoms with Crippen molar-refractivity contribution in [3.8, 4) is 0 Å². The number of unbranched alkanes of at least 4 members (excludes halogenated alkanes) is 5. The highest BCUT2D eigenvalue weighted by Crippen LogP contribution is 2.21. The molecule has 22 heavy (non-hydrogen) atoms. The molecule has 0 aliphatic heterocycles.